The standard InChI is InChI=1S/C21H24N4/c1-4-17-9-11-19(12-10-17)24-20-13-16(3)23-21(25-20)22-14-18-8-6-5-7-15(18)2/h5-13H,4,14H2,1-3H3,(H2,22,23,24,25). The van der Waals surface area contributed by atoms with Gasteiger partial charge in [0.2, 0.25) is 5.95 Å². The lowest BCUT2D eigenvalue weighted by atomic mass is 10.1. The lowest BCUT2D eigenvalue weighted by Gasteiger charge is -2.11. The fourth-order valence-corrected chi connectivity index (χ4v) is 2.67. The summed E-state index contributed by atoms with van der Waals surface area (Å²) in [6.07, 6.45) is 1.04. The van der Waals surface area contributed by atoms with Crippen LogP contribution in [0.15, 0.2) is 54.6 Å². The predicted molar refractivity (Wildman–Crippen MR) is 104 cm³/mol. The van der Waals surface area contributed by atoms with E-state index in [0.717, 1.165) is 23.6 Å². The van der Waals surface area contributed by atoms with Crippen LogP contribution in [0.1, 0.15) is 29.3 Å². The van der Waals surface area contributed by atoms with Crippen molar-refractivity contribution in [2.24, 2.45) is 0 Å². The van der Waals surface area contributed by atoms with Crippen LogP contribution in [0.25, 0.3) is 0 Å². The Balaban J connectivity index is 1.72. The van der Waals surface area contributed by atoms with Crippen LogP contribution in [0.2, 0.25) is 0 Å². The Labute approximate surface area is 149 Å². The van der Waals surface area contributed by atoms with Gasteiger partial charge in [-0.15, -0.1) is 0 Å². The minimum atomic E-state index is 0.635. The van der Waals surface area contributed by atoms with Crippen molar-refractivity contribution >= 4 is 17.5 Å². The molecule has 2 aromatic carbocycles. The van der Waals surface area contributed by atoms with Gasteiger partial charge in [-0.1, -0.05) is 43.3 Å². The van der Waals surface area contributed by atoms with E-state index in [9.17, 15) is 0 Å². The molecule has 4 heteroatoms. The van der Waals surface area contributed by atoms with E-state index in [2.05, 4.69) is 70.8 Å². The van der Waals surface area contributed by atoms with E-state index in [1.165, 1.54) is 16.7 Å². The Kier molecular flexibility index (Phi) is 5.29. The smallest absolute Gasteiger partial charge is 0.225 e. The molecule has 0 unspecified atom stereocenters. The van der Waals surface area contributed by atoms with Crippen molar-refractivity contribution in [3.8, 4) is 0 Å². The molecule has 1 heterocycles. The van der Waals surface area contributed by atoms with Crippen LogP contribution in [-0.4, -0.2) is 9.97 Å². The number of nitrogens with one attached hydrogen (secondary N) is 2. The number of hydrogen-bond acceptors (Lipinski definition) is 4. The summed E-state index contributed by atoms with van der Waals surface area (Å²) in [6.45, 7) is 6.95. The summed E-state index contributed by atoms with van der Waals surface area (Å²) < 4.78 is 0. The normalized spacial score (nSPS) is 10.5. The van der Waals surface area contributed by atoms with Gasteiger partial charge in [-0.05, 0) is 49.1 Å². The highest BCUT2D eigenvalue weighted by atomic mass is 15.1. The molecular formula is C21H24N4. The van der Waals surface area contributed by atoms with E-state index in [4.69, 9.17) is 0 Å². The van der Waals surface area contributed by atoms with Crippen molar-refractivity contribution in [2.75, 3.05) is 10.6 Å². The first-order chi connectivity index (χ1) is 12.1. The zero-order valence-electron chi connectivity index (χ0n) is 15.0. The average molecular weight is 332 g/mol. The zero-order chi connectivity index (χ0) is 17.6. The van der Waals surface area contributed by atoms with E-state index in [-0.39, 0.29) is 0 Å². The Bertz CT molecular complexity index is 841. The lowest BCUT2D eigenvalue weighted by molar-refractivity contribution is 1.02. The third-order valence-electron chi connectivity index (χ3n) is 4.19. The first-order valence-electron chi connectivity index (χ1n) is 8.64. The number of aromatic nitrogens is 2. The van der Waals surface area contributed by atoms with Gasteiger partial charge >= 0.3 is 0 Å². The van der Waals surface area contributed by atoms with E-state index in [1.54, 1.807) is 0 Å². The van der Waals surface area contributed by atoms with Crippen LogP contribution in [0.4, 0.5) is 17.5 Å². The SMILES string of the molecule is CCc1ccc(Nc2cc(C)nc(NCc3ccccc3C)n2)cc1. The van der Waals surface area contributed by atoms with Gasteiger partial charge in [-0.25, -0.2) is 4.98 Å². The van der Waals surface area contributed by atoms with Gasteiger partial charge in [0.1, 0.15) is 5.82 Å². The number of hydrogen-bond donors (Lipinski definition) is 2. The average Bonchev–Trinajstić information content (AvgIpc) is 2.61. The van der Waals surface area contributed by atoms with Crippen LogP contribution in [0, 0.1) is 13.8 Å². The summed E-state index contributed by atoms with van der Waals surface area (Å²) >= 11 is 0. The highest BCUT2D eigenvalue weighted by molar-refractivity contribution is 5.58. The summed E-state index contributed by atoms with van der Waals surface area (Å²) in [5, 5.41) is 6.68. The maximum absolute atomic E-state index is 4.58. The van der Waals surface area contributed by atoms with Crippen LogP contribution < -0.4 is 10.6 Å². The molecule has 0 fully saturated rings. The number of aryl methyl sites for hydroxylation is 3. The van der Waals surface area contributed by atoms with Gasteiger partial charge in [0.05, 0.1) is 0 Å². The van der Waals surface area contributed by atoms with Gasteiger partial charge in [0.15, 0.2) is 0 Å². The van der Waals surface area contributed by atoms with Crippen molar-refractivity contribution in [1.82, 2.24) is 9.97 Å². The summed E-state index contributed by atoms with van der Waals surface area (Å²) in [5.41, 5.74) is 5.79. The van der Waals surface area contributed by atoms with Crippen molar-refractivity contribution in [3.63, 3.8) is 0 Å². The van der Waals surface area contributed by atoms with Crippen molar-refractivity contribution in [2.45, 2.75) is 33.7 Å². The lowest BCUT2D eigenvalue weighted by Crippen LogP contribution is -2.07. The third-order valence-corrected chi connectivity index (χ3v) is 4.19. The molecular weight excluding hydrogens is 308 g/mol. The fraction of sp³-hybridized carbons (Fsp3) is 0.238. The molecule has 1 aromatic heterocycles. The molecule has 0 atom stereocenters. The fourth-order valence-electron chi connectivity index (χ4n) is 2.67. The minimum Gasteiger partial charge on any atom is -0.350 e. The summed E-state index contributed by atoms with van der Waals surface area (Å²) in [4.78, 5) is 9.07. The number of nitrogens with zero attached hydrogens (tertiary/aromatic N) is 2. The molecule has 0 amide bonds. The monoisotopic (exact) mass is 332 g/mol. The molecule has 0 aliphatic carbocycles. The Morgan fingerprint density at radius 3 is 2.40 bits per heavy atom. The van der Waals surface area contributed by atoms with Crippen molar-refractivity contribution < 1.29 is 0 Å². The molecule has 25 heavy (non-hydrogen) atoms. The molecule has 2 N–H and O–H groups in total. The maximum Gasteiger partial charge on any atom is 0.225 e. The first kappa shape index (κ1) is 17.0. The van der Waals surface area contributed by atoms with Gasteiger partial charge in [-0.3, -0.25) is 0 Å². The summed E-state index contributed by atoms with van der Waals surface area (Å²) in [6, 6.07) is 18.7. The minimum absolute atomic E-state index is 0.635. The molecule has 0 radical (unpaired) electrons. The maximum atomic E-state index is 4.58. The molecule has 128 valence electrons. The highest BCUT2D eigenvalue weighted by Gasteiger charge is 2.04. The third kappa shape index (κ3) is 4.57. The molecule has 4 nitrogen and oxygen atoms in total. The van der Waals surface area contributed by atoms with Crippen molar-refractivity contribution in [1.29, 1.82) is 0 Å². The predicted octanol–water partition coefficient (Wildman–Crippen LogP) is 5.01. The molecule has 0 spiro atoms. The topological polar surface area (TPSA) is 49.8 Å². The molecule has 0 aliphatic rings. The van der Waals surface area contributed by atoms with Gasteiger partial charge in [0.25, 0.3) is 0 Å². The molecule has 0 aliphatic heterocycles. The molecule has 0 saturated heterocycles. The number of benzene rings is 2. The molecule has 0 saturated carbocycles. The summed E-state index contributed by atoms with van der Waals surface area (Å²) in [5.74, 6) is 1.43. The highest BCUT2D eigenvalue weighted by Crippen LogP contribution is 2.18. The van der Waals surface area contributed by atoms with Crippen LogP contribution >= 0.6 is 0 Å². The second-order valence-electron chi connectivity index (χ2n) is 6.17. The van der Waals surface area contributed by atoms with E-state index in [0.29, 0.717) is 12.5 Å². The molecule has 3 aromatic rings. The Morgan fingerprint density at radius 2 is 1.68 bits per heavy atom. The molecule has 3 rings (SSSR count). The van der Waals surface area contributed by atoms with Crippen LogP contribution in [-0.2, 0) is 13.0 Å². The second kappa shape index (κ2) is 7.79. The first-order valence-corrected chi connectivity index (χ1v) is 8.64. The second-order valence-corrected chi connectivity index (χ2v) is 6.17. The quantitative estimate of drug-likeness (QED) is 0.666. The number of rotatable bonds is 6. The Morgan fingerprint density at radius 1 is 0.920 bits per heavy atom. The Hall–Kier alpha value is -2.88. The van der Waals surface area contributed by atoms with E-state index in [1.807, 2.05) is 25.1 Å². The van der Waals surface area contributed by atoms with Crippen LogP contribution in [0.3, 0.4) is 0 Å². The van der Waals surface area contributed by atoms with Gasteiger partial charge in [-0.2, -0.15) is 4.98 Å². The van der Waals surface area contributed by atoms with Crippen LogP contribution in [0.5, 0.6) is 0 Å². The van der Waals surface area contributed by atoms with Gasteiger partial charge in [0, 0.05) is 24.0 Å². The zero-order valence-corrected chi connectivity index (χ0v) is 15.0. The largest absolute Gasteiger partial charge is 0.350 e. The summed E-state index contributed by atoms with van der Waals surface area (Å²) in [7, 11) is 0. The van der Waals surface area contributed by atoms with Gasteiger partial charge < -0.3 is 10.6 Å². The number of anilines is 3. The molecule has 0 bridgehead atoms. The van der Waals surface area contributed by atoms with Crippen molar-refractivity contribution in [3.05, 3.63) is 77.0 Å². The van der Waals surface area contributed by atoms with E-state index < -0.39 is 0 Å². The van der Waals surface area contributed by atoms with E-state index >= 15 is 0 Å².